The Labute approximate surface area is 94.8 Å². The molecule has 0 saturated carbocycles. The van der Waals surface area contributed by atoms with E-state index in [1.165, 1.54) is 6.08 Å². The van der Waals surface area contributed by atoms with Crippen LogP contribution in [0.15, 0.2) is 16.8 Å². The summed E-state index contributed by atoms with van der Waals surface area (Å²) in [5.74, 6) is 2.27. The van der Waals surface area contributed by atoms with Crippen LogP contribution in [0.2, 0.25) is 0 Å². The van der Waals surface area contributed by atoms with E-state index >= 15 is 0 Å². The van der Waals surface area contributed by atoms with Crippen molar-refractivity contribution in [3.8, 4) is 12.3 Å². The van der Waals surface area contributed by atoms with Gasteiger partial charge in [-0.2, -0.15) is 0 Å². The molecule has 0 aliphatic carbocycles. The number of carbonyl (C=O) groups excluding carboxylic acids is 2. The number of allylic oxidation sites excluding steroid dienone is 2. The van der Waals surface area contributed by atoms with Crippen LogP contribution in [0.1, 0.15) is 27.2 Å². The smallest absolute Gasteiger partial charge is 0.230 e. The molecule has 0 atom stereocenters. The summed E-state index contributed by atoms with van der Waals surface area (Å²) in [6.45, 7) is 5.35. The van der Waals surface area contributed by atoms with E-state index in [4.69, 9.17) is 6.42 Å². The van der Waals surface area contributed by atoms with E-state index in [9.17, 15) is 9.59 Å². The summed E-state index contributed by atoms with van der Waals surface area (Å²) < 4.78 is 0. The summed E-state index contributed by atoms with van der Waals surface area (Å²) >= 11 is 0. The average molecular weight is 218 g/mol. The molecule has 0 bridgehead atoms. The number of hydrogen-bond donors (Lipinski definition) is 1. The molecule has 0 aromatic carbocycles. The molecule has 1 aliphatic heterocycles. The van der Waals surface area contributed by atoms with Crippen molar-refractivity contribution in [1.29, 1.82) is 0 Å². The highest BCUT2D eigenvalue weighted by Crippen LogP contribution is 2.13. The largest absolute Gasteiger partial charge is 0.313 e. The number of rotatable bonds is 0. The summed E-state index contributed by atoms with van der Waals surface area (Å²) in [7, 11) is 0. The monoisotopic (exact) mass is 218 g/mol. The highest BCUT2D eigenvalue weighted by molar-refractivity contribution is 6.13. The second-order valence-electron chi connectivity index (χ2n) is 4.58. The van der Waals surface area contributed by atoms with Crippen molar-refractivity contribution in [2.45, 2.75) is 27.2 Å². The van der Waals surface area contributed by atoms with E-state index < -0.39 is 5.41 Å². The quantitative estimate of drug-likeness (QED) is 0.617. The van der Waals surface area contributed by atoms with Crippen molar-refractivity contribution < 1.29 is 9.59 Å². The molecule has 0 fully saturated rings. The maximum atomic E-state index is 11.7. The number of ketones is 1. The Bertz CT molecular complexity index is 431. The van der Waals surface area contributed by atoms with Gasteiger partial charge < -0.3 is 5.32 Å². The molecule has 1 N–H and O–H groups in total. The Hall–Kier alpha value is -1.89. The van der Waals surface area contributed by atoms with E-state index in [0.29, 0.717) is 5.84 Å². The summed E-state index contributed by atoms with van der Waals surface area (Å²) in [4.78, 5) is 26.9. The van der Waals surface area contributed by atoms with Gasteiger partial charge in [0.05, 0.1) is 6.42 Å². The van der Waals surface area contributed by atoms with Crippen LogP contribution in [-0.2, 0) is 9.59 Å². The fraction of sp³-hybridized carbons (Fsp3) is 0.417. The van der Waals surface area contributed by atoms with Gasteiger partial charge in [-0.05, 0) is 0 Å². The van der Waals surface area contributed by atoms with Gasteiger partial charge in [-0.25, -0.2) is 4.99 Å². The van der Waals surface area contributed by atoms with Crippen LogP contribution in [-0.4, -0.2) is 17.5 Å². The van der Waals surface area contributed by atoms with E-state index in [-0.39, 0.29) is 23.8 Å². The highest BCUT2D eigenvalue weighted by atomic mass is 16.2. The van der Waals surface area contributed by atoms with E-state index in [0.717, 1.165) is 0 Å². The Morgan fingerprint density at radius 2 is 2.19 bits per heavy atom. The third kappa shape index (κ3) is 3.06. The van der Waals surface area contributed by atoms with Crippen LogP contribution in [0.4, 0.5) is 0 Å². The summed E-state index contributed by atoms with van der Waals surface area (Å²) in [6.07, 6.45) is 6.54. The van der Waals surface area contributed by atoms with Gasteiger partial charge >= 0.3 is 0 Å². The number of amidine groups is 1. The second kappa shape index (κ2) is 4.31. The first kappa shape index (κ1) is 12.2. The SMILES string of the molecule is C#CC1=CC(=O)CC(NC(=O)C(C)(C)C)=N1. The summed E-state index contributed by atoms with van der Waals surface area (Å²) in [5.41, 5.74) is -0.274. The van der Waals surface area contributed by atoms with Gasteiger partial charge in [0.1, 0.15) is 11.5 Å². The minimum atomic E-state index is -0.525. The summed E-state index contributed by atoms with van der Waals surface area (Å²) in [6, 6.07) is 0. The Balaban J connectivity index is 2.81. The van der Waals surface area contributed by atoms with Crippen molar-refractivity contribution in [2.75, 3.05) is 0 Å². The number of amides is 1. The first-order valence-electron chi connectivity index (χ1n) is 4.93. The number of carbonyl (C=O) groups is 2. The zero-order chi connectivity index (χ0) is 12.3. The number of aliphatic imine (C=N–C) groups is 1. The van der Waals surface area contributed by atoms with Crippen LogP contribution in [0.25, 0.3) is 0 Å². The van der Waals surface area contributed by atoms with E-state index in [1.807, 2.05) is 0 Å². The first-order valence-corrected chi connectivity index (χ1v) is 4.93. The van der Waals surface area contributed by atoms with Crippen molar-refractivity contribution in [1.82, 2.24) is 5.32 Å². The lowest BCUT2D eigenvalue weighted by Gasteiger charge is -2.19. The number of nitrogens with zero attached hydrogens (tertiary/aromatic N) is 1. The molecule has 4 heteroatoms. The molecule has 16 heavy (non-hydrogen) atoms. The highest BCUT2D eigenvalue weighted by Gasteiger charge is 2.24. The topological polar surface area (TPSA) is 58.5 Å². The fourth-order valence-corrected chi connectivity index (χ4v) is 1.05. The molecule has 0 saturated heterocycles. The summed E-state index contributed by atoms with van der Waals surface area (Å²) in [5, 5.41) is 2.61. The molecule has 84 valence electrons. The van der Waals surface area contributed by atoms with Crippen molar-refractivity contribution in [2.24, 2.45) is 10.4 Å². The van der Waals surface area contributed by atoms with Gasteiger partial charge in [-0.15, -0.1) is 6.42 Å². The Morgan fingerprint density at radius 3 is 2.69 bits per heavy atom. The minimum absolute atomic E-state index is 0.0903. The van der Waals surface area contributed by atoms with Gasteiger partial charge in [0.15, 0.2) is 5.78 Å². The molecule has 1 aliphatic rings. The third-order valence-electron chi connectivity index (χ3n) is 1.98. The molecular formula is C12H14N2O2. The molecule has 0 unspecified atom stereocenters. The van der Waals surface area contributed by atoms with Gasteiger partial charge in [0.2, 0.25) is 5.91 Å². The molecule has 4 nitrogen and oxygen atoms in total. The zero-order valence-corrected chi connectivity index (χ0v) is 9.63. The normalized spacial score (nSPS) is 16.0. The molecule has 1 amide bonds. The molecular weight excluding hydrogens is 204 g/mol. The lowest BCUT2D eigenvalue weighted by Crippen LogP contribution is -2.40. The van der Waals surface area contributed by atoms with Crippen LogP contribution < -0.4 is 5.32 Å². The van der Waals surface area contributed by atoms with E-state index in [1.54, 1.807) is 20.8 Å². The second-order valence-corrected chi connectivity index (χ2v) is 4.58. The van der Waals surface area contributed by atoms with Crippen molar-refractivity contribution >= 4 is 17.5 Å². The predicted octanol–water partition coefficient (Wildman–Crippen LogP) is 1.04. The maximum Gasteiger partial charge on any atom is 0.230 e. The molecule has 0 radical (unpaired) electrons. The minimum Gasteiger partial charge on any atom is -0.313 e. The number of hydrogen-bond acceptors (Lipinski definition) is 3. The molecule has 0 spiro atoms. The lowest BCUT2D eigenvalue weighted by molar-refractivity contribution is -0.126. The van der Waals surface area contributed by atoms with Crippen molar-refractivity contribution in [3.05, 3.63) is 11.8 Å². The van der Waals surface area contributed by atoms with Crippen LogP contribution in [0.3, 0.4) is 0 Å². The van der Waals surface area contributed by atoms with Crippen molar-refractivity contribution in [3.63, 3.8) is 0 Å². The maximum absolute atomic E-state index is 11.7. The number of terminal acetylenes is 1. The Morgan fingerprint density at radius 1 is 1.56 bits per heavy atom. The number of nitrogens with one attached hydrogen (secondary N) is 1. The van der Waals surface area contributed by atoms with Crippen LogP contribution in [0, 0.1) is 17.8 Å². The fourth-order valence-electron chi connectivity index (χ4n) is 1.05. The van der Waals surface area contributed by atoms with Crippen LogP contribution in [0.5, 0.6) is 0 Å². The first-order chi connectivity index (χ1) is 7.32. The van der Waals surface area contributed by atoms with E-state index in [2.05, 4.69) is 16.2 Å². The van der Waals surface area contributed by atoms with Gasteiger partial charge in [-0.3, -0.25) is 9.59 Å². The predicted molar refractivity (Wildman–Crippen MR) is 61.6 cm³/mol. The molecule has 1 rings (SSSR count). The molecule has 1 heterocycles. The standard InChI is InChI=1S/C12H14N2O2/c1-5-8-6-9(15)7-10(13-8)14-11(16)12(2,3)4/h1,6H,7H2,2-4H3,(H,13,14,16). The zero-order valence-electron chi connectivity index (χ0n) is 9.63. The average Bonchev–Trinajstić information content (AvgIpc) is 2.15. The van der Waals surface area contributed by atoms with Gasteiger partial charge in [0, 0.05) is 11.5 Å². The lowest BCUT2D eigenvalue weighted by atomic mass is 9.95. The van der Waals surface area contributed by atoms with Gasteiger partial charge in [-0.1, -0.05) is 26.7 Å². The molecule has 0 aromatic heterocycles. The van der Waals surface area contributed by atoms with Gasteiger partial charge in [0.25, 0.3) is 0 Å². The van der Waals surface area contributed by atoms with Crippen LogP contribution >= 0.6 is 0 Å². The Kier molecular flexibility index (Phi) is 3.28. The third-order valence-corrected chi connectivity index (χ3v) is 1.98. The molecule has 0 aromatic rings.